The first-order chi connectivity index (χ1) is 13.3. The lowest BCUT2D eigenvalue weighted by molar-refractivity contribution is 0.529. The van der Waals surface area contributed by atoms with Crippen LogP contribution >= 0.6 is 0 Å². The van der Waals surface area contributed by atoms with Crippen LogP contribution in [0.25, 0.3) is 0 Å². The first kappa shape index (κ1) is 24.1. The molecule has 0 saturated heterocycles. The Bertz CT molecular complexity index is 409. The summed E-state index contributed by atoms with van der Waals surface area (Å²) in [6.07, 6.45) is 24.1. The van der Waals surface area contributed by atoms with E-state index in [1.54, 1.807) is 0 Å². The second kappa shape index (κ2) is 18.4. The van der Waals surface area contributed by atoms with E-state index in [2.05, 4.69) is 50.0 Å². The van der Waals surface area contributed by atoms with Crippen LogP contribution in [0.5, 0.6) is 0 Å². The maximum Gasteiger partial charge on any atom is 0.0462 e. The highest BCUT2D eigenvalue weighted by Crippen LogP contribution is 2.15. The van der Waals surface area contributed by atoms with Gasteiger partial charge in [-0.15, -0.1) is 0 Å². The number of hydrogen-bond donors (Lipinski definition) is 1. The fourth-order valence-electron chi connectivity index (χ4n) is 3.63. The van der Waals surface area contributed by atoms with Crippen molar-refractivity contribution in [3.8, 4) is 0 Å². The maximum absolute atomic E-state index is 3.40. The van der Waals surface area contributed by atoms with Crippen molar-refractivity contribution < 1.29 is 0 Å². The Morgan fingerprint density at radius 3 is 1.44 bits per heavy atom. The first-order valence-electron chi connectivity index (χ1n) is 12.0. The van der Waals surface area contributed by atoms with Gasteiger partial charge in [0, 0.05) is 12.2 Å². The van der Waals surface area contributed by atoms with Gasteiger partial charge in [0.1, 0.15) is 0 Å². The predicted molar refractivity (Wildman–Crippen MR) is 123 cm³/mol. The average Bonchev–Trinajstić information content (AvgIpc) is 2.68. The van der Waals surface area contributed by atoms with E-state index in [0.717, 1.165) is 0 Å². The van der Waals surface area contributed by atoms with E-state index in [-0.39, 0.29) is 0 Å². The van der Waals surface area contributed by atoms with E-state index in [9.17, 15) is 0 Å². The lowest BCUT2D eigenvalue weighted by Crippen LogP contribution is -1.94. The number of unbranched alkanes of at least 4 members (excludes halogenated alkanes) is 16. The van der Waals surface area contributed by atoms with Crippen LogP contribution in [-0.2, 0) is 0 Å². The van der Waals surface area contributed by atoms with Gasteiger partial charge < -0.3 is 5.32 Å². The van der Waals surface area contributed by atoms with Gasteiger partial charge in [0.2, 0.25) is 0 Å². The largest absolute Gasteiger partial charge is 0.380 e. The molecule has 0 amide bonds. The molecule has 0 heterocycles. The predicted octanol–water partition coefficient (Wildman–Crippen LogP) is 9.22. The van der Waals surface area contributed by atoms with Crippen molar-refractivity contribution in [1.82, 2.24) is 0 Å². The number of aryl methyl sites for hydroxylation is 1. The summed E-state index contributed by atoms with van der Waals surface area (Å²) in [7, 11) is 0. The van der Waals surface area contributed by atoms with Crippen molar-refractivity contribution in [3.63, 3.8) is 0 Å². The van der Waals surface area contributed by atoms with Gasteiger partial charge in [-0.3, -0.25) is 0 Å². The van der Waals surface area contributed by atoms with E-state index in [4.69, 9.17) is 0 Å². The fraction of sp³-hybridized carbons (Fsp3) is 0.731. The summed E-state index contributed by atoms with van der Waals surface area (Å²) in [4.78, 5) is 0. The van der Waals surface area contributed by atoms with E-state index >= 15 is 0 Å². The second-order valence-corrected chi connectivity index (χ2v) is 8.31. The van der Waals surface area contributed by atoms with Gasteiger partial charge >= 0.3 is 0 Å². The molecule has 1 aromatic carbocycles. The zero-order valence-corrected chi connectivity index (χ0v) is 18.4. The summed E-state index contributed by atoms with van der Waals surface area (Å²) < 4.78 is 0. The summed E-state index contributed by atoms with van der Waals surface area (Å²) in [5, 5.41) is 3.40. The molecule has 0 unspecified atom stereocenters. The highest BCUT2D eigenvalue weighted by Gasteiger charge is 1.96. The van der Waals surface area contributed by atoms with Crippen molar-refractivity contribution in [2.45, 2.75) is 123 Å². The van der Waals surface area contributed by atoms with Crippen LogP contribution < -0.4 is 5.32 Å². The van der Waals surface area contributed by atoms with E-state index in [1.165, 1.54) is 120 Å². The van der Waals surface area contributed by atoms with Crippen LogP contribution in [-0.4, -0.2) is 0 Å². The van der Waals surface area contributed by atoms with Crippen molar-refractivity contribution >= 4 is 5.69 Å². The average molecular weight is 373 g/mol. The quantitative estimate of drug-likeness (QED) is 0.239. The van der Waals surface area contributed by atoms with Crippen molar-refractivity contribution in [3.05, 3.63) is 36.4 Å². The molecule has 0 fully saturated rings. The number of hydrogen-bond acceptors (Lipinski definition) is 1. The lowest BCUT2D eigenvalue weighted by atomic mass is 10.0. The molecule has 0 bridgehead atoms. The minimum Gasteiger partial charge on any atom is -0.380 e. The molecule has 0 aliphatic heterocycles. The molecule has 0 aliphatic carbocycles. The third-order valence-electron chi connectivity index (χ3n) is 5.52. The molecule has 1 heteroatoms. The molecule has 1 aromatic rings. The Morgan fingerprint density at radius 2 is 1.00 bits per heavy atom. The highest BCUT2D eigenvalue weighted by atomic mass is 14.9. The molecular formula is C26H46N. The Morgan fingerprint density at radius 1 is 0.593 bits per heavy atom. The molecule has 0 saturated carbocycles. The molecule has 1 rings (SSSR count). The molecule has 0 aliphatic rings. The van der Waals surface area contributed by atoms with E-state index in [0.29, 0.717) is 0 Å². The van der Waals surface area contributed by atoms with Gasteiger partial charge in [0.25, 0.3) is 0 Å². The normalized spacial score (nSPS) is 11.0. The van der Waals surface area contributed by atoms with Crippen LogP contribution in [0.3, 0.4) is 0 Å². The van der Waals surface area contributed by atoms with Crippen molar-refractivity contribution in [1.29, 1.82) is 0 Å². The topological polar surface area (TPSA) is 12.0 Å². The molecule has 1 nitrogen and oxygen atoms in total. The van der Waals surface area contributed by atoms with Gasteiger partial charge in [0.05, 0.1) is 0 Å². The lowest BCUT2D eigenvalue weighted by Gasteiger charge is -2.06. The smallest absolute Gasteiger partial charge is 0.0462 e. The minimum atomic E-state index is 1.17. The third-order valence-corrected chi connectivity index (χ3v) is 5.52. The van der Waals surface area contributed by atoms with Crippen molar-refractivity contribution in [2.75, 3.05) is 5.32 Å². The van der Waals surface area contributed by atoms with Crippen LogP contribution in [0.15, 0.2) is 24.3 Å². The number of rotatable bonds is 19. The zero-order chi connectivity index (χ0) is 19.4. The maximum atomic E-state index is 3.40. The standard InChI is InChI=1S/C26H46N/c1-3-4-5-6-7-8-9-10-11-12-13-14-15-16-17-18-19-24-27-26-22-20-25(2)21-23-26/h20-24,27H,3-19H2,1-2H3. The van der Waals surface area contributed by atoms with Crippen molar-refractivity contribution in [2.24, 2.45) is 0 Å². The Kier molecular flexibility index (Phi) is 16.4. The van der Waals surface area contributed by atoms with Gasteiger partial charge in [-0.05, 0) is 25.5 Å². The third kappa shape index (κ3) is 15.7. The Balaban J connectivity index is 1.71. The monoisotopic (exact) mass is 372 g/mol. The van der Waals surface area contributed by atoms with Gasteiger partial charge in [-0.1, -0.05) is 127 Å². The zero-order valence-electron chi connectivity index (χ0n) is 18.4. The van der Waals surface area contributed by atoms with Gasteiger partial charge in [0.15, 0.2) is 0 Å². The Hall–Kier alpha value is -0.980. The molecular weight excluding hydrogens is 326 g/mol. The molecule has 155 valence electrons. The van der Waals surface area contributed by atoms with Crippen LogP contribution in [0.2, 0.25) is 0 Å². The SMILES string of the molecule is CCCCCCCCCCCCCCCCCC[CH]Nc1ccc(C)cc1. The molecule has 0 atom stereocenters. The minimum absolute atomic E-state index is 1.17. The molecule has 1 radical (unpaired) electrons. The number of anilines is 1. The summed E-state index contributed by atoms with van der Waals surface area (Å²) >= 11 is 0. The van der Waals surface area contributed by atoms with Gasteiger partial charge in [-0.2, -0.15) is 0 Å². The van der Waals surface area contributed by atoms with E-state index in [1.807, 2.05) is 0 Å². The van der Waals surface area contributed by atoms with Gasteiger partial charge in [-0.25, -0.2) is 0 Å². The number of nitrogens with one attached hydrogen (secondary N) is 1. The molecule has 0 spiro atoms. The molecule has 0 aromatic heterocycles. The summed E-state index contributed by atoms with van der Waals surface area (Å²) in [6.45, 7) is 6.64. The molecule has 27 heavy (non-hydrogen) atoms. The Labute approximate surface area is 170 Å². The first-order valence-corrected chi connectivity index (χ1v) is 12.0. The summed E-state index contributed by atoms with van der Waals surface area (Å²) in [5.74, 6) is 0. The van der Waals surface area contributed by atoms with Crippen LogP contribution in [0.1, 0.15) is 122 Å². The number of benzene rings is 1. The highest BCUT2D eigenvalue weighted by molar-refractivity contribution is 5.45. The van der Waals surface area contributed by atoms with Crippen LogP contribution in [0, 0.1) is 13.5 Å². The second-order valence-electron chi connectivity index (χ2n) is 8.31. The van der Waals surface area contributed by atoms with E-state index < -0.39 is 0 Å². The molecule has 1 N–H and O–H groups in total. The van der Waals surface area contributed by atoms with Crippen LogP contribution in [0.4, 0.5) is 5.69 Å². The summed E-state index contributed by atoms with van der Waals surface area (Å²) in [5.41, 5.74) is 2.52. The summed E-state index contributed by atoms with van der Waals surface area (Å²) in [6, 6.07) is 8.62. The fourth-order valence-corrected chi connectivity index (χ4v) is 3.63.